The Morgan fingerprint density at radius 2 is 1.89 bits per heavy atom. The Morgan fingerprint density at radius 1 is 1.09 bits per heavy atom. The number of benzene rings is 2. The van der Waals surface area contributed by atoms with E-state index in [1.165, 1.54) is 16.9 Å². The summed E-state index contributed by atoms with van der Waals surface area (Å²) in [6.07, 6.45) is 4.51. The van der Waals surface area contributed by atoms with Crippen molar-refractivity contribution in [2.75, 3.05) is 5.32 Å². The number of halogens is 1. The number of anilines is 1. The summed E-state index contributed by atoms with van der Waals surface area (Å²) < 4.78 is 13.4. The van der Waals surface area contributed by atoms with Crippen LogP contribution in [-0.2, 0) is 13.5 Å². The first-order valence-corrected chi connectivity index (χ1v) is 11.8. The molecule has 0 aliphatic heterocycles. The van der Waals surface area contributed by atoms with Gasteiger partial charge in [0, 0.05) is 35.0 Å². The number of nitrogens with two attached hydrogens (primary N) is 1. The third kappa shape index (κ3) is 4.32. The molecule has 1 aliphatic carbocycles. The Labute approximate surface area is 201 Å². The molecule has 0 saturated heterocycles. The van der Waals surface area contributed by atoms with Crippen LogP contribution in [0, 0.1) is 5.82 Å². The van der Waals surface area contributed by atoms with Crippen molar-refractivity contribution in [3.05, 3.63) is 59.7 Å². The van der Waals surface area contributed by atoms with Crippen LogP contribution in [0.2, 0.25) is 0 Å². The van der Waals surface area contributed by atoms with Crippen molar-refractivity contribution in [3.63, 3.8) is 0 Å². The molecule has 2 aromatic carbocycles. The van der Waals surface area contributed by atoms with Gasteiger partial charge in [-0.2, -0.15) is 4.80 Å². The average Bonchev–Trinajstić information content (AvgIpc) is 3.45. The Bertz CT molecular complexity index is 1500. The number of hydrogen-bond donors (Lipinski definition) is 3. The van der Waals surface area contributed by atoms with Crippen LogP contribution in [-0.4, -0.2) is 47.2 Å². The third-order valence-electron chi connectivity index (χ3n) is 6.65. The highest BCUT2D eigenvalue weighted by Gasteiger charge is 2.22. The van der Waals surface area contributed by atoms with E-state index in [1.54, 1.807) is 19.2 Å². The lowest BCUT2D eigenvalue weighted by Gasteiger charge is -2.27. The number of aryl methyl sites for hydroxylation is 1. The van der Waals surface area contributed by atoms with Crippen molar-refractivity contribution in [1.29, 1.82) is 0 Å². The number of nitrogens with zero attached hydrogens (tertiary/aromatic N) is 6. The van der Waals surface area contributed by atoms with E-state index in [2.05, 4.69) is 25.7 Å². The molecular formula is C25H26FN9. The van der Waals surface area contributed by atoms with Crippen molar-refractivity contribution in [2.24, 2.45) is 12.8 Å². The minimum atomic E-state index is -0.257. The third-order valence-corrected chi connectivity index (χ3v) is 6.65. The van der Waals surface area contributed by atoms with Gasteiger partial charge in [0.05, 0.1) is 12.4 Å². The molecule has 0 bridgehead atoms. The number of hydrogen-bond acceptors (Lipinski definition) is 7. The number of fused-ring (bicyclic) bond motifs is 3. The summed E-state index contributed by atoms with van der Waals surface area (Å²) in [5.41, 5.74) is 9.62. The van der Waals surface area contributed by atoms with Crippen molar-refractivity contribution in [3.8, 4) is 11.4 Å². The zero-order valence-electron chi connectivity index (χ0n) is 19.4. The second-order valence-corrected chi connectivity index (χ2v) is 9.26. The van der Waals surface area contributed by atoms with E-state index in [1.807, 2.05) is 18.2 Å². The minimum absolute atomic E-state index is 0.257. The van der Waals surface area contributed by atoms with Gasteiger partial charge in [-0.15, -0.1) is 10.2 Å². The smallest absolute Gasteiger partial charge is 0.204 e. The van der Waals surface area contributed by atoms with Crippen LogP contribution in [0.15, 0.2) is 42.5 Å². The Kier molecular flexibility index (Phi) is 5.37. The first-order chi connectivity index (χ1) is 17.0. The highest BCUT2D eigenvalue weighted by molar-refractivity contribution is 6.11. The largest absolute Gasteiger partial charge is 0.367 e. The molecule has 9 nitrogen and oxygen atoms in total. The summed E-state index contributed by atoms with van der Waals surface area (Å²) >= 11 is 0. The molecule has 4 N–H and O–H groups in total. The van der Waals surface area contributed by atoms with E-state index in [4.69, 9.17) is 15.7 Å². The van der Waals surface area contributed by atoms with Crippen LogP contribution in [0.1, 0.15) is 37.1 Å². The Balaban J connectivity index is 1.44. The van der Waals surface area contributed by atoms with E-state index in [0.717, 1.165) is 64.6 Å². The van der Waals surface area contributed by atoms with Crippen LogP contribution >= 0.6 is 0 Å². The molecule has 6 rings (SSSR count). The second kappa shape index (κ2) is 8.70. The van der Waals surface area contributed by atoms with Crippen LogP contribution in [0.3, 0.4) is 0 Å². The molecule has 10 heteroatoms. The fourth-order valence-electron chi connectivity index (χ4n) is 4.81. The van der Waals surface area contributed by atoms with E-state index in [9.17, 15) is 4.39 Å². The maximum atomic E-state index is 13.4. The van der Waals surface area contributed by atoms with Gasteiger partial charge in [0.15, 0.2) is 0 Å². The van der Waals surface area contributed by atoms with Gasteiger partial charge < -0.3 is 16.0 Å². The molecule has 1 aliphatic rings. The van der Waals surface area contributed by atoms with Gasteiger partial charge in [-0.25, -0.2) is 14.4 Å². The predicted molar refractivity (Wildman–Crippen MR) is 132 cm³/mol. The number of tetrazole rings is 1. The first-order valence-electron chi connectivity index (χ1n) is 11.8. The van der Waals surface area contributed by atoms with Crippen LogP contribution < -0.4 is 11.1 Å². The quantitative estimate of drug-likeness (QED) is 0.357. The summed E-state index contributed by atoms with van der Waals surface area (Å²) in [6, 6.07) is 13.1. The summed E-state index contributed by atoms with van der Waals surface area (Å²) in [6.45, 7) is 0. The molecule has 5 aromatic rings. The molecule has 3 heterocycles. The molecule has 0 radical (unpaired) electrons. The summed E-state index contributed by atoms with van der Waals surface area (Å²) in [7, 11) is 1.74. The van der Waals surface area contributed by atoms with Gasteiger partial charge >= 0.3 is 0 Å². The van der Waals surface area contributed by atoms with E-state index in [0.29, 0.717) is 24.1 Å². The van der Waals surface area contributed by atoms with Gasteiger partial charge in [0.25, 0.3) is 0 Å². The SMILES string of the molecule is Cn1nnc(-c2ccc3c(c2)[nH]c2nc(Cc4ccc(F)cc4)nc(NC4CCC(N)CC4)c23)n1. The zero-order chi connectivity index (χ0) is 23.9. The fraction of sp³-hybridized carbons (Fsp3) is 0.320. The molecular weight excluding hydrogens is 445 g/mol. The lowest BCUT2D eigenvalue weighted by molar-refractivity contribution is 0.410. The lowest BCUT2D eigenvalue weighted by Crippen LogP contribution is -2.33. The molecule has 35 heavy (non-hydrogen) atoms. The number of aromatic nitrogens is 7. The normalized spacial score (nSPS) is 18.4. The number of rotatable bonds is 5. The maximum Gasteiger partial charge on any atom is 0.204 e. The molecule has 0 unspecified atom stereocenters. The van der Waals surface area contributed by atoms with Gasteiger partial charge in [0.1, 0.15) is 23.1 Å². The van der Waals surface area contributed by atoms with Gasteiger partial charge in [-0.1, -0.05) is 24.3 Å². The van der Waals surface area contributed by atoms with Crippen molar-refractivity contribution < 1.29 is 4.39 Å². The monoisotopic (exact) mass is 471 g/mol. The Hall–Kier alpha value is -3.92. The molecule has 3 aromatic heterocycles. The first kappa shape index (κ1) is 21.6. The fourth-order valence-corrected chi connectivity index (χ4v) is 4.81. The number of aromatic amines is 1. The predicted octanol–water partition coefficient (Wildman–Crippen LogP) is 3.71. The van der Waals surface area contributed by atoms with Crippen molar-refractivity contribution >= 4 is 27.8 Å². The maximum absolute atomic E-state index is 13.4. The second-order valence-electron chi connectivity index (χ2n) is 9.26. The minimum Gasteiger partial charge on any atom is -0.367 e. The van der Waals surface area contributed by atoms with Crippen LogP contribution in [0.5, 0.6) is 0 Å². The zero-order valence-corrected chi connectivity index (χ0v) is 19.4. The van der Waals surface area contributed by atoms with Crippen LogP contribution in [0.4, 0.5) is 10.2 Å². The van der Waals surface area contributed by atoms with E-state index >= 15 is 0 Å². The Morgan fingerprint density at radius 3 is 2.63 bits per heavy atom. The number of H-pyrrole nitrogens is 1. The number of nitrogens with one attached hydrogen (secondary N) is 2. The molecule has 1 fully saturated rings. The van der Waals surface area contributed by atoms with Crippen molar-refractivity contribution in [2.45, 2.75) is 44.2 Å². The molecule has 0 amide bonds. The van der Waals surface area contributed by atoms with E-state index < -0.39 is 0 Å². The van der Waals surface area contributed by atoms with Crippen LogP contribution in [0.25, 0.3) is 33.3 Å². The lowest BCUT2D eigenvalue weighted by atomic mass is 9.92. The summed E-state index contributed by atoms with van der Waals surface area (Å²) in [5, 5.41) is 18.0. The molecule has 0 spiro atoms. The standard InChI is InChI=1S/C25H26FN9/c1-35-33-23(32-34-35)15-4-11-19-20(13-15)29-25-22(19)24(28-18-9-7-17(27)8-10-18)30-21(31-25)12-14-2-5-16(26)6-3-14/h2-6,11,13,17-18H,7-10,12,27H2,1H3,(H2,28,29,30,31). The van der Waals surface area contributed by atoms with Gasteiger partial charge in [0.2, 0.25) is 5.82 Å². The molecule has 1 saturated carbocycles. The molecule has 178 valence electrons. The average molecular weight is 472 g/mol. The van der Waals surface area contributed by atoms with Crippen molar-refractivity contribution in [1.82, 2.24) is 35.2 Å². The van der Waals surface area contributed by atoms with Gasteiger partial charge in [-0.3, -0.25) is 0 Å². The summed E-state index contributed by atoms with van der Waals surface area (Å²) in [5.74, 6) is 1.78. The highest BCUT2D eigenvalue weighted by atomic mass is 19.1. The molecule has 0 atom stereocenters. The van der Waals surface area contributed by atoms with E-state index in [-0.39, 0.29) is 11.9 Å². The van der Waals surface area contributed by atoms with Gasteiger partial charge in [-0.05, 0) is 54.7 Å². The highest BCUT2D eigenvalue weighted by Crippen LogP contribution is 2.33. The topological polar surface area (TPSA) is 123 Å². The summed E-state index contributed by atoms with van der Waals surface area (Å²) in [4.78, 5) is 14.7.